The number of methoxy groups -OCH3 is 1. The molecule has 0 atom stereocenters. The Morgan fingerprint density at radius 3 is 2.79 bits per heavy atom. The molecule has 0 bridgehead atoms. The van der Waals surface area contributed by atoms with Crippen molar-refractivity contribution >= 4 is 11.5 Å². The summed E-state index contributed by atoms with van der Waals surface area (Å²) >= 11 is 0. The van der Waals surface area contributed by atoms with Gasteiger partial charge in [-0.05, 0) is 24.3 Å². The van der Waals surface area contributed by atoms with Gasteiger partial charge in [-0.25, -0.2) is 9.78 Å². The predicted octanol–water partition coefficient (Wildman–Crippen LogP) is 2.18. The Hall–Kier alpha value is -2.69. The highest BCUT2D eigenvalue weighted by Gasteiger charge is 2.10. The number of hydrogen-bond acceptors (Lipinski definition) is 4. The molecule has 0 amide bonds. The molecule has 94 valence electrons. The van der Waals surface area contributed by atoms with Gasteiger partial charge in [0.1, 0.15) is 5.82 Å². The fourth-order valence-corrected chi connectivity index (χ4v) is 1.96. The van der Waals surface area contributed by atoms with Gasteiger partial charge in [-0.2, -0.15) is 0 Å². The van der Waals surface area contributed by atoms with Crippen LogP contribution in [0.25, 0.3) is 16.9 Å². The fraction of sp³-hybridized carbons (Fsp3) is 0.0714. The van der Waals surface area contributed by atoms with E-state index in [0.29, 0.717) is 5.56 Å². The van der Waals surface area contributed by atoms with E-state index in [-0.39, 0.29) is 5.97 Å². The van der Waals surface area contributed by atoms with Crippen molar-refractivity contribution in [2.75, 3.05) is 7.11 Å². The molecule has 0 radical (unpaired) electrons. The highest BCUT2D eigenvalue weighted by Crippen LogP contribution is 2.19. The Morgan fingerprint density at radius 1 is 1.26 bits per heavy atom. The van der Waals surface area contributed by atoms with Crippen molar-refractivity contribution in [1.29, 1.82) is 0 Å². The van der Waals surface area contributed by atoms with Crippen molar-refractivity contribution < 1.29 is 9.53 Å². The van der Waals surface area contributed by atoms with Crippen LogP contribution >= 0.6 is 0 Å². The Balaban J connectivity index is 2.13. The van der Waals surface area contributed by atoms with E-state index in [1.54, 1.807) is 30.7 Å². The SMILES string of the molecule is COC(=O)c1ccn2c(-c3ccncc3)ncc2c1. The van der Waals surface area contributed by atoms with Crippen LogP contribution in [-0.2, 0) is 4.74 Å². The second-order valence-corrected chi connectivity index (χ2v) is 4.02. The monoisotopic (exact) mass is 253 g/mol. The lowest BCUT2D eigenvalue weighted by Gasteiger charge is -2.03. The maximum atomic E-state index is 11.5. The van der Waals surface area contributed by atoms with Crippen LogP contribution in [0.1, 0.15) is 10.4 Å². The number of carbonyl (C=O) groups is 1. The van der Waals surface area contributed by atoms with Crippen LogP contribution in [0.2, 0.25) is 0 Å². The Labute approximate surface area is 109 Å². The summed E-state index contributed by atoms with van der Waals surface area (Å²) in [5.74, 6) is 0.461. The number of aromatic nitrogens is 3. The molecule has 3 aromatic rings. The third-order valence-electron chi connectivity index (χ3n) is 2.89. The molecule has 0 saturated carbocycles. The number of esters is 1. The summed E-state index contributed by atoms with van der Waals surface area (Å²) in [6.45, 7) is 0. The van der Waals surface area contributed by atoms with Gasteiger partial charge in [-0.15, -0.1) is 0 Å². The highest BCUT2D eigenvalue weighted by atomic mass is 16.5. The van der Waals surface area contributed by atoms with Gasteiger partial charge >= 0.3 is 5.97 Å². The molecule has 5 heteroatoms. The number of imidazole rings is 1. The molecule has 3 heterocycles. The number of pyridine rings is 2. The zero-order chi connectivity index (χ0) is 13.2. The first-order chi connectivity index (χ1) is 9.29. The van der Waals surface area contributed by atoms with E-state index in [9.17, 15) is 4.79 Å². The number of nitrogens with zero attached hydrogens (tertiary/aromatic N) is 3. The van der Waals surface area contributed by atoms with E-state index < -0.39 is 0 Å². The summed E-state index contributed by atoms with van der Waals surface area (Å²) in [6.07, 6.45) is 6.98. The molecular weight excluding hydrogens is 242 g/mol. The van der Waals surface area contributed by atoms with Gasteiger partial charge in [0.05, 0.1) is 24.4 Å². The topological polar surface area (TPSA) is 56.5 Å². The zero-order valence-electron chi connectivity index (χ0n) is 10.3. The second-order valence-electron chi connectivity index (χ2n) is 4.02. The largest absolute Gasteiger partial charge is 0.465 e. The normalized spacial score (nSPS) is 10.6. The van der Waals surface area contributed by atoms with Gasteiger partial charge in [0.25, 0.3) is 0 Å². The van der Waals surface area contributed by atoms with Crippen LogP contribution in [0.3, 0.4) is 0 Å². The standard InChI is InChI=1S/C14H11N3O2/c1-19-14(18)11-4-7-17-12(8-11)9-16-13(17)10-2-5-15-6-3-10/h2-9H,1H3. The molecule has 0 aliphatic rings. The van der Waals surface area contributed by atoms with Gasteiger partial charge in [0, 0.05) is 24.2 Å². The van der Waals surface area contributed by atoms with Gasteiger partial charge in [-0.1, -0.05) is 0 Å². The van der Waals surface area contributed by atoms with Crippen LogP contribution in [0, 0.1) is 0 Å². The van der Waals surface area contributed by atoms with Crippen molar-refractivity contribution in [1.82, 2.24) is 14.4 Å². The van der Waals surface area contributed by atoms with Crippen LogP contribution in [-0.4, -0.2) is 27.4 Å². The minimum atomic E-state index is -0.353. The van der Waals surface area contributed by atoms with Gasteiger partial charge in [0.2, 0.25) is 0 Å². The van der Waals surface area contributed by atoms with E-state index >= 15 is 0 Å². The molecule has 0 fully saturated rings. The summed E-state index contributed by atoms with van der Waals surface area (Å²) in [5.41, 5.74) is 2.33. The van der Waals surface area contributed by atoms with Crippen molar-refractivity contribution in [3.8, 4) is 11.4 Å². The molecule has 3 rings (SSSR count). The maximum absolute atomic E-state index is 11.5. The lowest BCUT2D eigenvalue weighted by Crippen LogP contribution is -2.01. The summed E-state index contributed by atoms with van der Waals surface area (Å²) in [7, 11) is 1.37. The summed E-state index contributed by atoms with van der Waals surface area (Å²) in [4.78, 5) is 19.8. The molecule has 0 aliphatic heterocycles. The smallest absolute Gasteiger partial charge is 0.337 e. The molecule has 0 aromatic carbocycles. The minimum Gasteiger partial charge on any atom is -0.465 e. The molecule has 5 nitrogen and oxygen atoms in total. The third kappa shape index (κ3) is 1.95. The summed E-state index contributed by atoms with van der Waals surface area (Å²) < 4.78 is 6.62. The van der Waals surface area contributed by atoms with Gasteiger partial charge in [0.15, 0.2) is 0 Å². The zero-order valence-corrected chi connectivity index (χ0v) is 10.3. The van der Waals surface area contributed by atoms with E-state index in [1.165, 1.54) is 7.11 Å². The Kier molecular flexibility index (Phi) is 2.72. The molecule has 0 saturated heterocycles. The lowest BCUT2D eigenvalue weighted by molar-refractivity contribution is 0.0601. The van der Waals surface area contributed by atoms with Crippen molar-refractivity contribution in [3.05, 3.63) is 54.6 Å². The molecular formula is C14H11N3O2. The van der Waals surface area contributed by atoms with Crippen LogP contribution in [0.4, 0.5) is 0 Å². The molecule has 0 aliphatic carbocycles. The van der Waals surface area contributed by atoms with Crippen LogP contribution < -0.4 is 0 Å². The molecule has 0 unspecified atom stereocenters. The lowest BCUT2D eigenvalue weighted by atomic mass is 10.2. The molecule has 19 heavy (non-hydrogen) atoms. The number of rotatable bonds is 2. The average Bonchev–Trinajstić information content (AvgIpc) is 2.90. The van der Waals surface area contributed by atoms with Crippen molar-refractivity contribution in [2.45, 2.75) is 0 Å². The highest BCUT2D eigenvalue weighted by molar-refractivity contribution is 5.90. The second kappa shape index (κ2) is 4.53. The number of hydrogen-bond donors (Lipinski definition) is 0. The minimum absolute atomic E-state index is 0.353. The quantitative estimate of drug-likeness (QED) is 0.657. The van der Waals surface area contributed by atoms with Gasteiger partial charge in [-0.3, -0.25) is 9.38 Å². The molecule has 0 N–H and O–H groups in total. The molecule has 3 aromatic heterocycles. The van der Waals surface area contributed by atoms with Crippen LogP contribution in [0.5, 0.6) is 0 Å². The van der Waals surface area contributed by atoms with Crippen molar-refractivity contribution in [3.63, 3.8) is 0 Å². The molecule has 0 spiro atoms. The maximum Gasteiger partial charge on any atom is 0.337 e. The van der Waals surface area contributed by atoms with E-state index in [4.69, 9.17) is 4.74 Å². The first-order valence-electron chi connectivity index (χ1n) is 5.75. The van der Waals surface area contributed by atoms with E-state index in [1.807, 2.05) is 22.7 Å². The number of fused-ring (bicyclic) bond motifs is 1. The van der Waals surface area contributed by atoms with Crippen LogP contribution in [0.15, 0.2) is 49.1 Å². The summed E-state index contributed by atoms with van der Waals surface area (Å²) in [6, 6.07) is 7.25. The number of ether oxygens (including phenoxy) is 1. The first-order valence-corrected chi connectivity index (χ1v) is 5.75. The number of carbonyl (C=O) groups excluding carboxylic acids is 1. The van der Waals surface area contributed by atoms with E-state index in [0.717, 1.165) is 16.9 Å². The first kappa shape index (κ1) is 11.4. The van der Waals surface area contributed by atoms with Crippen molar-refractivity contribution in [2.24, 2.45) is 0 Å². The Bertz CT molecular complexity index is 735. The van der Waals surface area contributed by atoms with Gasteiger partial charge < -0.3 is 4.74 Å². The Morgan fingerprint density at radius 2 is 2.05 bits per heavy atom. The fourth-order valence-electron chi connectivity index (χ4n) is 1.96. The third-order valence-corrected chi connectivity index (χ3v) is 2.89. The average molecular weight is 253 g/mol. The van der Waals surface area contributed by atoms with E-state index in [2.05, 4.69) is 9.97 Å². The predicted molar refractivity (Wildman–Crippen MR) is 69.8 cm³/mol. The summed E-state index contributed by atoms with van der Waals surface area (Å²) in [5, 5.41) is 0.